The molecule has 2 heterocycles. The van der Waals surface area contributed by atoms with Crippen LogP contribution in [0.1, 0.15) is 73.6 Å². The standard InChI is InChI=1S/C24H38N2O6/c1-23(2,3)31-20(28)14-26-18(7-8-19(26)27)21(29)17-10-15-9-16(11-17)13-25(12-15)22(30)32-24(4,5)6/h15-18H,7-14H2,1-6H3/t15?,16?,17?,18-/m0/s1. The molecule has 3 fully saturated rings. The summed E-state index contributed by atoms with van der Waals surface area (Å²) in [6.45, 7) is 11.9. The lowest BCUT2D eigenvalue weighted by Crippen LogP contribution is -2.51. The van der Waals surface area contributed by atoms with E-state index in [1.807, 2.05) is 20.8 Å². The molecule has 1 aliphatic carbocycles. The zero-order chi connectivity index (χ0) is 23.8. The van der Waals surface area contributed by atoms with Gasteiger partial charge in [0.25, 0.3) is 0 Å². The van der Waals surface area contributed by atoms with Gasteiger partial charge in [0.15, 0.2) is 5.78 Å². The molecule has 0 aromatic carbocycles. The van der Waals surface area contributed by atoms with Gasteiger partial charge in [0.05, 0.1) is 6.04 Å². The average Bonchev–Trinajstić information content (AvgIpc) is 2.97. The summed E-state index contributed by atoms with van der Waals surface area (Å²) < 4.78 is 10.9. The number of hydrogen-bond donors (Lipinski definition) is 0. The van der Waals surface area contributed by atoms with Gasteiger partial charge in [-0.3, -0.25) is 14.4 Å². The maximum Gasteiger partial charge on any atom is 0.410 e. The van der Waals surface area contributed by atoms with E-state index in [1.165, 1.54) is 4.90 Å². The lowest BCUT2D eigenvalue weighted by Gasteiger charge is -2.44. The van der Waals surface area contributed by atoms with Gasteiger partial charge in [-0.2, -0.15) is 0 Å². The number of ether oxygens (including phenoxy) is 2. The number of nitrogens with zero attached hydrogens (tertiary/aromatic N) is 2. The smallest absolute Gasteiger partial charge is 0.410 e. The number of rotatable bonds is 4. The van der Waals surface area contributed by atoms with Crippen LogP contribution in [-0.4, -0.2) is 70.4 Å². The van der Waals surface area contributed by atoms with E-state index in [2.05, 4.69) is 0 Å². The predicted octanol–water partition coefficient (Wildman–Crippen LogP) is 3.17. The fourth-order valence-corrected chi connectivity index (χ4v) is 5.28. The molecule has 2 unspecified atom stereocenters. The highest BCUT2D eigenvalue weighted by atomic mass is 16.6. The van der Waals surface area contributed by atoms with Gasteiger partial charge < -0.3 is 19.3 Å². The third kappa shape index (κ3) is 6.23. The molecular weight excluding hydrogens is 412 g/mol. The summed E-state index contributed by atoms with van der Waals surface area (Å²) in [5, 5.41) is 0. The number of piperidine rings is 1. The summed E-state index contributed by atoms with van der Waals surface area (Å²) in [5.41, 5.74) is -1.17. The number of Topliss-reactive ketones (excluding diaryl/α,β-unsaturated/α-hetero) is 1. The average molecular weight is 451 g/mol. The molecule has 180 valence electrons. The van der Waals surface area contributed by atoms with E-state index in [9.17, 15) is 19.2 Å². The summed E-state index contributed by atoms with van der Waals surface area (Å²) in [4.78, 5) is 53.8. The van der Waals surface area contributed by atoms with Crippen molar-refractivity contribution in [3.8, 4) is 0 Å². The lowest BCUT2D eigenvalue weighted by molar-refractivity contribution is -0.159. The summed E-state index contributed by atoms with van der Waals surface area (Å²) in [6, 6.07) is -0.555. The Bertz CT molecular complexity index is 751. The molecule has 1 saturated carbocycles. The molecule has 0 radical (unpaired) electrons. The number of carbonyl (C=O) groups is 4. The monoisotopic (exact) mass is 450 g/mol. The third-order valence-electron chi connectivity index (χ3n) is 6.29. The van der Waals surface area contributed by atoms with E-state index in [1.54, 1.807) is 25.7 Å². The Morgan fingerprint density at radius 3 is 2.00 bits per heavy atom. The maximum atomic E-state index is 13.4. The molecule has 2 bridgehead atoms. The van der Waals surface area contributed by atoms with Crippen LogP contribution in [0.25, 0.3) is 0 Å². The number of likely N-dealkylation sites (tertiary alicyclic amines) is 2. The number of esters is 1. The highest BCUT2D eigenvalue weighted by Gasteiger charge is 2.45. The van der Waals surface area contributed by atoms with E-state index < -0.39 is 23.2 Å². The van der Waals surface area contributed by atoms with Crippen LogP contribution < -0.4 is 0 Å². The predicted molar refractivity (Wildman–Crippen MR) is 118 cm³/mol. The van der Waals surface area contributed by atoms with Gasteiger partial charge in [-0.1, -0.05) is 0 Å². The Morgan fingerprint density at radius 2 is 1.47 bits per heavy atom. The lowest BCUT2D eigenvalue weighted by atomic mass is 9.70. The summed E-state index contributed by atoms with van der Waals surface area (Å²) in [7, 11) is 0. The number of amides is 2. The molecule has 32 heavy (non-hydrogen) atoms. The van der Waals surface area contributed by atoms with Gasteiger partial charge in [-0.15, -0.1) is 0 Å². The molecule has 8 nitrogen and oxygen atoms in total. The minimum Gasteiger partial charge on any atom is -0.459 e. The Labute approximate surface area is 191 Å². The molecule has 0 aromatic rings. The first-order valence-electron chi connectivity index (χ1n) is 11.7. The molecule has 3 aliphatic rings. The molecule has 2 amide bonds. The second-order valence-electron chi connectivity index (χ2n) is 11.6. The van der Waals surface area contributed by atoms with Gasteiger partial charge >= 0.3 is 12.1 Å². The fourth-order valence-electron chi connectivity index (χ4n) is 5.28. The Balaban J connectivity index is 1.61. The molecule has 0 spiro atoms. The van der Waals surface area contributed by atoms with Crippen molar-refractivity contribution in [3.05, 3.63) is 0 Å². The number of ketones is 1. The molecule has 0 N–H and O–H groups in total. The highest BCUT2D eigenvalue weighted by molar-refractivity contribution is 5.95. The SMILES string of the molecule is CC(C)(C)OC(=O)CN1C(=O)CC[C@H]1C(=O)C1CC2CC(C1)CN(C(=O)OC(C)(C)C)C2. The van der Waals surface area contributed by atoms with Crippen LogP contribution in [0, 0.1) is 17.8 Å². The normalized spacial score (nSPS) is 28.5. The van der Waals surface area contributed by atoms with Crippen molar-refractivity contribution in [2.24, 2.45) is 17.8 Å². The van der Waals surface area contributed by atoms with Crippen LogP contribution in [0.4, 0.5) is 4.79 Å². The quantitative estimate of drug-likeness (QED) is 0.611. The summed E-state index contributed by atoms with van der Waals surface area (Å²) in [5.74, 6) is -0.238. The largest absolute Gasteiger partial charge is 0.459 e. The Hall–Kier alpha value is -2.12. The molecule has 0 aromatic heterocycles. The number of hydrogen-bond acceptors (Lipinski definition) is 6. The third-order valence-corrected chi connectivity index (χ3v) is 6.29. The van der Waals surface area contributed by atoms with Crippen LogP contribution in [0.2, 0.25) is 0 Å². The van der Waals surface area contributed by atoms with Gasteiger partial charge in [-0.25, -0.2) is 4.79 Å². The van der Waals surface area contributed by atoms with E-state index >= 15 is 0 Å². The van der Waals surface area contributed by atoms with Crippen LogP contribution in [-0.2, 0) is 23.9 Å². The Kier molecular flexibility index (Phi) is 6.91. The fraction of sp³-hybridized carbons (Fsp3) is 0.833. The maximum absolute atomic E-state index is 13.4. The zero-order valence-electron chi connectivity index (χ0n) is 20.3. The van der Waals surface area contributed by atoms with E-state index in [-0.39, 0.29) is 48.5 Å². The molecule has 3 atom stereocenters. The van der Waals surface area contributed by atoms with Crippen molar-refractivity contribution in [1.82, 2.24) is 9.80 Å². The first-order valence-corrected chi connectivity index (χ1v) is 11.7. The molecule has 8 heteroatoms. The van der Waals surface area contributed by atoms with Crippen molar-refractivity contribution < 1.29 is 28.7 Å². The van der Waals surface area contributed by atoms with E-state index in [0.29, 0.717) is 32.4 Å². The number of carbonyl (C=O) groups excluding carboxylic acids is 4. The molecular formula is C24H38N2O6. The summed E-state index contributed by atoms with van der Waals surface area (Å²) >= 11 is 0. The van der Waals surface area contributed by atoms with Crippen molar-refractivity contribution in [3.63, 3.8) is 0 Å². The van der Waals surface area contributed by atoms with Crippen LogP contribution in [0.3, 0.4) is 0 Å². The van der Waals surface area contributed by atoms with E-state index in [4.69, 9.17) is 9.47 Å². The second kappa shape index (κ2) is 9.02. The van der Waals surface area contributed by atoms with Gasteiger partial charge in [0.1, 0.15) is 17.7 Å². The first kappa shape index (κ1) is 24.5. The van der Waals surface area contributed by atoms with Gasteiger partial charge in [-0.05, 0) is 79.1 Å². The van der Waals surface area contributed by atoms with Crippen molar-refractivity contribution >= 4 is 23.8 Å². The minimum absolute atomic E-state index is 0.0554. The van der Waals surface area contributed by atoms with Crippen LogP contribution >= 0.6 is 0 Å². The van der Waals surface area contributed by atoms with Crippen molar-refractivity contribution in [2.75, 3.05) is 19.6 Å². The van der Waals surface area contributed by atoms with Crippen molar-refractivity contribution in [2.45, 2.75) is 90.9 Å². The first-order chi connectivity index (χ1) is 14.7. The Morgan fingerprint density at radius 1 is 0.906 bits per heavy atom. The number of fused-ring (bicyclic) bond motifs is 2. The highest BCUT2D eigenvalue weighted by Crippen LogP contribution is 2.40. The minimum atomic E-state index is -0.639. The summed E-state index contributed by atoms with van der Waals surface area (Å²) in [6.07, 6.45) is 2.87. The van der Waals surface area contributed by atoms with Crippen molar-refractivity contribution in [1.29, 1.82) is 0 Å². The van der Waals surface area contributed by atoms with Gasteiger partial charge in [0, 0.05) is 25.4 Å². The van der Waals surface area contributed by atoms with Crippen LogP contribution in [0.15, 0.2) is 0 Å². The second-order valence-corrected chi connectivity index (χ2v) is 11.6. The van der Waals surface area contributed by atoms with Gasteiger partial charge in [0.2, 0.25) is 5.91 Å². The van der Waals surface area contributed by atoms with E-state index in [0.717, 1.165) is 6.42 Å². The van der Waals surface area contributed by atoms with Crippen LogP contribution in [0.5, 0.6) is 0 Å². The topological polar surface area (TPSA) is 93.2 Å². The molecule has 3 rings (SSSR count). The zero-order valence-corrected chi connectivity index (χ0v) is 20.3. The molecule has 2 saturated heterocycles. The molecule has 2 aliphatic heterocycles.